The molecule has 6 rings (SSSR count). The van der Waals surface area contributed by atoms with Crippen LogP contribution in [-0.2, 0) is 28.5 Å². The van der Waals surface area contributed by atoms with Gasteiger partial charge in [-0.15, -0.1) is 0 Å². The second kappa shape index (κ2) is 9.18. The fraction of sp³-hybridized carbons (Fsp3) is 0.750. The molecule has 6 aliphatic rings. The number of hydrogen-bond donors (Lipinski definition) is 4. The van der Waals surface area contributed by atoms with E-state index >= 15 is 0 Å². The first-order valence-electron chi connectivity index (χ1n) is 12.1. The van der Waals surface area contributed by atoms with Gasteiger partial charge in [0.05, 0.1) is 25.4 Å². The zero-order valence-electron chi connectivity index (χ0n) is 19.3. The van der Waals surface area contributed by atoms with E-state index < -0.39 is 61.0 Å². The van der Waals surface area contributed by atoms with E-state index in [0.29, 0.717) is 35.1 Å². The summed E-state index contributed by atoms with van der Waals surface area (Å²) >= 11 is 0. The van der Waals surface area contributed by atoms with Gasteiger partial charge in [0.25, 0.3) is 0 Å². The summed E-state index contributed by atoms with van der Waals surface area (Å²) in [6.07, 6.45) is -2.96. The summed E-state index contributed by atoms with van der Waals surface area (Å²) in [6.45, 7) is 4.30. The van der Waals surface area contributed by atoms with Crippen molar-refractivity contribution in [2.45, 2.75) is 101 Å². The summed E-state index contributed by atoms with van der Waals surface area (Å²) in [5.74, 6) is -0.164. The lowest BCUT2D eigenvalue weighted by Crippen LogP contribution is -2.38. The highest BCUT2D eigenvalue weighted by Gasteiger charge is 2.60. The Morgan fingerprint density at radius 1 is 0.765 bits per heavy atom. The molecule has 0 spiro atoms. The molecule has 0 saturated carbocycles. The molecule has 2 saturated heterocycles. The van der Waals surface area contributed by atoms with Gasteiger partial charge in [0, 0.05) is 22.3 Å². The minimum absolute atomic E-state index is 0.0819. The van der Waals surface area contributed by atoms with Crippen molar-refractivity contribution in [3.05, 3.63) is 22.3 Å². The minimum atomic E-state index is -0.799. The summed E-state index contributed by atoms with van der Waals surface area (Å²) in [5.41, 5.74) is 2.12. The van der Waals surface area contributed by atoms with Crippen LogP contribution in [0.2, 0.25) is 0 Å². The van der Waals surface area contributed by atoms with E-state index in [9.17, 15) is 30.0 Å². The Morgan fingerprint density at radius 3 is 1.50 bits per heavy atom. The normalized spacial score (nSPS) is 41.2. The summed E-state index contributed by atoms with van der Waals surface area (Å²) in [4.78, 5) is 23.7. The van der Waals surface area contributed by atoms with Crippen LogP contribution < -0.4 is 0 Å². The van der Waals surface area contributed by atoms with E-state index in [0.717, 1.165) is 12.8 Å². The van der Waals surface area contributed by atoms with Crippen molar-refractivity contribution in [1.82, 2.24) is 0 Å². The number of carbonyl (C=O) groups excluding carboxylic acids is 2. The van der Waals surface area contributed by atoms with Gasteiger partial charge in [-0.05, 0) is 12.8 Å². The number of rotatable bonds is 6. The zero-order chi connectivity index (χ0) is 24.3. The van der Waals surface area contributed by atoms with Crippen molar-refractivity contribution in [2.24, 2.45) is 0 Å². The van der Waals surface area contributed by atoms with E-state index in [-0.39, 0.29) is 24.8 Å². The standard InChI is InChI=1S/2C12H16O5/c2*1-2-3-6(13)10-7-5(4-16-10)8(14)11-12(17-11)9(7)15/h2*6,9-13,15H,2-4H2,1H3/t2*6-,9-,10-,11-,12+/m11/s1. The molecule has 0 aromatic rings. The van der Waals surface area contributed by atoms with Gasteiger partial charge in [-0.1, -0.05) is 26.7 Å². The maximum Gasteiger partial charge on any atom is 0.192 e. The number of aliphatic hydroxyl groups is 4. The predicted octanol–water partition coefficient (Wildman–Crippen LogP) is -0.892. The van der Waals surface area contributed by atoms with Crippen molar-refractivity contribution in [3.63, 3.8) is 0 Å². The van der Waals surface area contributed by atoms with E-state index in [1.165, 1.54) is 0 Å². The van der Waals surface area contributed by atoms with Gasteiger partial charge in [-0.2, -0.15) is 0 Å². The molecule has 2 aliphatic carbocycles. The molecule has 10 nitrogen and oxygen atoms in total. The molecule has 0 bridgehead atoms. The maximum absolute atomic E-state index is 11.9. The number of ketones is 2. The lowest BCUT2D eigenvalue weighted by molar-refractivity contribution is -0.118. The SMILES string of the molecule is CCC[C@@H](O)[C@H]1OCC2=C1[C@@H](O)[C@@H]1O[C@@H]1C2=O.CCC[C@@H](O)[C@H]1OCC2=C1[C@@H](O)[C@@H]1O[C@@H]1C2=O. The van der Waals surface area contributed by atoms with Crippen molar-refractivity contribution >= 4 is 11.6 Å². The first kappa shape index (κ1) is 24.2. The maximum atomic E-state index is 11.9. The van der Waals surface area contributed by atoms with Crippen LogP contribution in [0, 0.1) is 0 Å². The Kier molecular flexibility index (Phi) is 6.54. The van der Waals surface area contributed by atoms with Crippen LogP contribution in [0.15, 0.2) is 22.3 Å². The second-order valence-corrected chi connectivity index (χ2v) is 9.70. The third kappa shape index (κ3) is 3.90. The molecule has 0 amide bonds. The Morgan fingerprint density at radius 2 is 1.15 bits per heavy atom. The van der Waals surface area contributed by atoms with Crippen molar-refractivity contribution in [2.75, 3.05) is 13.2 Å². The van der Waals surface area contributed by atoms with Crippen LogP contribution in [-0.4, -0.2) is 106 Å². The van der Waals surface area contributed by atoms with Crippen LogP contribution in [0.3, 0.4) is 0 Å². The van der Waals surface area contributed by atoms with Gasteiger partial charge < -0.3 is 39.4 Å². The average molecular weight is 481 g/mol. The fourth-order valence-corrected chi connectivity index (χ4v) is 5.53. The number of aliphatic hydroxyl groups excluding tert-OH is 4. The number of fused-ring (bicyclic) bond motifs is 2. The zero-order valence-corrected chi connectivity index (χ0v) is 19.3. The molecule has 4 N–H and O–H groups in total. The summed E-state index contributed by atoms with van der Waals surface area (Å²) in [6, 6.07) is 0. The molecule has 4 aliphatic heterocycles. The molecule has 10 heteroatoms. The fourth-order valence-electron chi connectivity index (χ4n) is 5.53. The lowest BCUT2D eigenvalue weighted by Gasteiger charge is -2.24. The Balaban J connectivity index is 0.000000142. The molecule has 34 heavy (non-hydrogen) atoms. The quantitative estimate of drug-likeness (QED) is 0.351. The molecule has 10 atom stereocenters. The highest BCUT2D eigenvalue weighted by atomic mass is 16.6. The number of hydrogen-bond acceptors (Lipinski definition) is 10. The van der Waals surface area contributed by atoms with Gasteiger partial charge in [-0.3, -0.25) is 9.59 Å². The summed E-state index contributed by atoms with van der Waals surface area (Å²) < 4.78 is 21.2. The molecular formula is C24H32O10. The predicted molar refractivity (Wildman–Crippen MR) is 115 cm³/mol. The summed E-state index contributed by atoms with van der Waals surface area (Å²) in [5, 5.41) is 40.1. The molecular weight excluding hydrogens is 448 g/mol. The minimum Gasteiger partial charge on any atom is -0.390 e. The Bertz CT molecular complexity index is 851. The van der Waals surface area contributed by atoms with E-state index in [1.54, 1.807) is 0 Å². The van der Waals surface area contributed by atoms with Crippen molar-refractivity contribution < 1.29 is 49.0 Å². The number of carbonyl (C=O) groups is 2. The first-order valence-corrected chi connectivity index (χ1v) is 12.1. The molecule has 0 unspecified atom stereocenters. The molecule has 0 radical (unpaired) electrons. The number of Topliss-reactive ketones (excluding diaryl/α,β-unsaturated/α-hetero) is 2. The third-order valence-corrected chi connectivity index (χ3v) is 7.41. The van der Waals surface area contributed by atoms with Crippen molar-refractivity contribution in [1.29, 1.82) is 0 Å². The summed E-state index contributed by atoms with van der Waals surface area (Å²) in [7, 11) is 0. The van der Waals surface area contributed by atoms with Gasteiger partial charge in [0.1, 0.15) is 48.8 Å². The van der Waals surface area contributed by atoms with E-state index in [1.807, 2.05) is 13.8 Å². The Hall–Kier alpha value is -1.50. The first-order chi connectivity index (χ1) is 16.3. The van der Waals surface area contributed by atoms with Gasteiger partial charge >= 0.3 is 0 Å². The average Bonchev–Trinajstić information content (AvgIpc) is 3.70. The van der Waals surface area contributed by atoms with Gasteiger partial charge in [0.2, 0.25) is 0 Å². The molecule has 188 valence electrons. The van der Waals surface area contributed by atoms with Crippen LogP contribution in [0.5, 0.6) is 0 Å². The van der Waals surface area contributed by atoms with Crippen LogP contribution >= 0.6 is 0 Å². The highest BCUT2D eigenvalue weighted by molar-refractivity contribution is 6.04. The van der Waals surface area contributed by atoms with E-state index in [2.05, 4.69) is 0 Å². The Labute approximate surface area is 197 Å². The largest absolute Gasteiger partial charge is 0.390 e. The smallest absolute Gasteiger partial charge is 0.192 e. The van der Waals surface area contributed by atoms with Crippen LogP contribution in [0.4, 0.5) is 0 Å². The van der Waals surface area contributed by atoms with Crippen LogP contribution in [0.1, 0.15) is 39.5 Å². The molecule has 0 aromatic carbocycles. The van der Waals surface area contributed by atoms with E-state index in [4.69, 9.17) is 18.9 Å². The molecule has 4 heterocycles. The third-order valence-electron chi connectivity index (χ3n) is 7.41. The number of ether oxygens (including phenoxy) is 4. The topological polar surface area (TPSA) is 159 Å². The van der Waals surface area contributed by atoms with Crippen LogP contribution in [0.25, 0.3) is 0 Å². The number of epoxide rings is 2. The molecule has 0 aromatic heterocycles. The molecule has 2 fully saturated rings. The van der Waals surface area contributed by atoms with Crippen molar-refractivity contribution in [3.8, 4) is 0 Å². The highest BCUT2D eigenvalue weighted by Crippen LogP contribution is 2.44. The monoisotopic (exact) mass is 480 g/mol. The van der Waals surface area contributed by atoms with Gasteiger partial charge in [0.15, 0.2) is 11.6 Å². The van der Waals surface area contributed by atoms with Gasteiger partial charge in [-0.25, -0.2) is 0 Å². The second-order valence-electron chi connectivity index (χ2n) is 9.70. The lowest BCUT2D eigenvalue weighted by atomic mass is 9.85.